The predicted molar refractivity (Wildman–Crippen MR) is 114 cm³/mol. The number of imidazole rings is 1. The van der Waals surface area contributed by atoms with Gasteiger partial charge < -0.3 is 9.88 Å². The van der Waals surface area contributed by atoms with E-state index in [4.69, 9.17) is 0 Å². The van der Waals surface area contributed by atoms with Crippen LogP contribution in [0.3, 0.4) is 0 Å². The zero-order valence-corrected chi connectivity index (χ0v) is 17.6. The number of para-hydroxylation sites is 1. The summed E-state index contributed by atoms with van der Waals surface area (Å²) in [5, 5.41) is 2.92. The van der Waals surface area contributed by atoms with Crippen molar-refractivity contribution >= 4 is 15.9 Å². The fourth-order valence-corrected chi connectivity index (χ4v) is 5.18. The third kappa shape index (κ3) is 4.01. The maximum Gasteiger partial charge on any atom is 0.251 e. The number of aryl methyl sites for hydroxylation is 1. The van der Waals surface area contributed by atoms with Gasteiger partial charge >= 0.3 is 0 Å². The van der Waals surface area contributed by atoms with Crippen LogP contribution in [-0.2, 0) is 16.6 Å². The van der Waals surface area contributed by atoms with Gasteiger partial charge in [-0.05, 0) is 55.7 Å². The first-order valence-corrected chi connectivity index (χ1v) is 11.4. The molecule has 0 atom stereocenters. The molecular formula is C22H24N4O3S. The van der Waals surface area contributed by atoms with Crippen LogP contribution in [0.2, 0.25) is 0 Å². The summed E-state index contributed by atoms with van der Waals surface area (Å²) in [6, 6.07) is 13.9. The van der Waals surface area contributed by atoms with Crippen molar-refractivity contribution in [2.24, 2.45) is 0 Å². The number of carbonyl (C=O) groups is 1. The highest BCUT2D eigenvalue weighted by molar-refractivity contribution is 7.89. The molecule has 1 saturated heterocycles. The molecular weight excluding hydrogens is 400 g/mol. The lowest BCUT2D eigenvalue weighted by Gasteiger charge is -2.15. The van der Waals surface area contributed by atoms with E-state index in [0.29, 0.717) is 25.2 Å². The third-order valence-corrected chi connectivity index (χ3v) is 7.25. The lowest BCUT2D eigenvalue weighted by molar-refractivity contribution is 0.0951. The Hall–Kier alpha value is -2.97. The molecule has 1 fully saturated rings. The Morgan fingerprint density at radius 1 is 1.07 bits per heavy atom. The molecule has 1 N–H and O–H groups in total. The van der Waals surface area contributed by atoms with Crippen LogP contribution in [0.25, 0.3) is 5.69 Å². The van der Waals surface area contributed by atoms with Crippen LogP contribution in [0.15, 0.2) is 65.8 Å². The molecule has 1 aromatic heterocycles. The molecule has 1 aliphatic rings. The monoisotopic (exact) mass is 424 g/mol. The molecule has 30 heavy (non-hydrogen) atoms. The standard InChI is InChI=1S/C22H24N4O3S/c1-17-23-12-15-26(17)21-7-3-2-6-19(21)16-24-22(27)18-8-10-20(11-9-18)30(28,29)25-13-4-5-14-25/h2-3,6-12,15H,4-5,13-14,16H2,1H3,(H,24,27). The van der Waals surface area contributed by atoms with Crippen LogP contribution in [-0.4, -0.2) is 41.3 Å². The number of amides is 1. The van der Waals surface area contributed by atoms with Gasteiger partial charge in [0.25, 0.3) is 5.91 Å². The molecule has 3 aromatic rings. The number of hydrogen-bond acceptors (Lipinski definition) is 4. The summed E-state index contributed by atoms with van der Waals surface area (Å²) < 4.78 is 28.7. The second-order valence-corrected chi connectivity index (χ2v) is 9.23. The molecule has 0 unspecified atom stereocenters. The first-order valence-electron chi connectivity index (χ1n) is 9.93. The predicted octanol–water partition coefficient (Wildman–Crippen LogP) is 2.90. The lowest BCUT2D eigenvalue weighted by Crippen LogP contribution is -2.28. The molecule has 1 aliphatic heterocycles. The van der Waals surface area contributed by atoms with Crippen LogP contribution in [0.5, 0.6) is 0 Å². The van der Waals surface area contributed by atoms with Crippen LogP contribution >= 0.6 is 0 Å². The van der Waals surface area contributed by atoms with Crippen LogP contribution in [0, 0.1) is 6.92 Å². The van der Waals surface area contributed by atoms with Crippen molar-refractivity contribution in [3.63, 3.8) is 0 Å². The van der Waals surface area contributed by atoms with Crippen molar-refractivity contribution in [1.82, 2.24) is 19.2 Å². The second kappa shape index (κ2) is 8.41. The van der Waals surface area contributed by atoms with E-state index in [0.717, 1.165) is 29.9 Å². The second-order valence-electron chi connectivity index (χ2n) is 7.29. The fraction of sp³-hybridized carbons (Fsp3) is 0.273. The maximum atomic E-state index is 12.6. The molecule has 4 rings (SSSR count). The minimum atomic E-state index is -3.48. The van der Waals surface area contributed by atoms with Gasteiger partial charge in [-0.2, -0.15) is 4.31 Å². The van der Waals surface area contributed by atoms with Crippen molar-refractivity contribution in [2.45, 2.75) is 31.2 Å². The first-order chi connectivity index (χ1) is 14.5. The van der Waals surface area contributed by atoms with Gasteiger partial charge in [0.15, 0.2) is 0 Å². The number of aromatic nitrogens is 2. The van der Waals surface area contributed by atoms with Crippen LogP contribution < -0.4 is 5.32 Å². The number of benzene rings is 2. The molecule has 2 aromatic carbocycles. The Bertz CT molecular complexity index is 1150. The van der Waals surface area contributed by atoms with E-state index in [2.05, 4.69) is 10.3 Å². The summed E-state index contributed by atoms with van der Waals surface area (Å²) in [7, 11) is -3.48. The Balaban J connectivity index is 1.46. The number of hydrogen-bond donors (Lipinski definition) is 1. The fourth-order valence-electron chi connectivity index (χ4n) is 3.66. The topological polar surface area (TPSA) is 84.3 Å². The van der Waals surface area contributed by atoms with Gasteiger partial charge in [-0.1, -0.05) is 18.2 Å². The minimum Gasteiger partial charge on any atom is -0.348 e. The van der Waals surface area contributed by atoms with Gasteiger partial charge in [0.05, 0.1) is 10.6 Å². The molecule has 8 heteroatoms. The van der Waals surface area contributed by atoms with Gasteiger partial charge in [0, 0.05) is 37.6 Å². The van der Waals surface area contributed by atoms with Crippen molar-refractivity contribution < 1.29 is 13.2 Å². The molecule has 156 valence electrons. The van der Waals surface area contributed by atoms with Crippen molar-refractivity contribution in [3.05, 3.63) is 77.9 Å². The minimum absolute atomic E-state index is 0.224. The lowest BCUT2D eigenvalue weighted by atomic mass is 10.1. The van der Waals surface area contributed by atoms with E-state index in [1.165, 1.54) is 16.4 Å². The highest BCUT2D eigenvalue weighted by Gasteiger charge is 2.27. The molecule has 0 saturated carbocycles. The van der Waals surface area contributed by atoms with Gasteiger partial charge in [0.2, 0.25) is 10.0 Å². The zero-order chi connectivity index (χ0) is 21.1. The number of rotatable bonds is 6. The van der Waals surface area contributed by atoms with E-state index in [-0.39, 0.29) is 10.8 Å². The van der Waals surface area contributed by atoms with E-state index >= 15 is 0 Å². The van der Waals surface area contributed by atoms with E-state index in [9.17, 15) is 13.2 Å². The molecule has 0 radical (unpaired) electrons. The van der Waals surface area contributed by atoms with E-state index in [1.54, 1.807) is 18.3 Å². The molecule has 0 spiro atoms. The Labute approximate surface area is 176 Å². The summed E-state index contributed by atoms with van der Waals surface area (Å²) in [5.74, 6) is 0.612. The summed E-state index contributed by atoms with van der Waals surface area (Å²) in [4.78, 5) is 17.1. The molecule has 7 nitrogen and oxygen atoms in total. The maximum absolute atomic E-state index is 12.6. The summed E-state index contributed by atoms with van der Waals surface area (Å²) in [6.45, 7) is 3.38. The third-order valence-electron chi connectivity index (χ3n) is 5.34. The van der Waals surface area contributed by atoms with Crippen LogP contribution in [0.4, 0.5) is 0 Å². The number of sulfonamides is 1. The van der Waals surface area contributed by atoms with Gasteiger partial charge in [-0.25, -0.2) is 13.4 Å². The first kappa shape index (κ1) is 20.3. The number of nitrogens with zero attached hydrogens (tertiary/aromatic N) is 3. The van der Waals surface area contributed by atoms with E-state index in [1.807, 2.05) is 42.0 Å². The number of nitrogens with one attached hydrogen (secondary N) is 1. The summed E-state index contributed by atoms with van der Waals surface area (Å²) >= 11 is 0. The van der Waals surface area contributed by atoms with Gasteiger partial charge in [0.1, 0.15) is 5.82 Å². The molecule has 0 bridgehead atoms. The Morgan fingerprint density at radius 2 is 1.77 bits per heavy atom. The molecule has 1 amide bonds. The highest BCUT2D eigenvalue weighted by atomic mass is 32.2. The average molecular weight is 425 g/mol. The number of carbonyl (C=O) groups excluding carboxylic acids is 1. The summed E-state index contributed by atoms with van der Waals surface area (Å²) in [5.41, 5.74) is 2.34. The van der Waals surface area contributed by atoms with Crippen molar-refractivity contribution in [1.29, 1.82) is 0 Å². The SMILES string of the molecule is Cc1nccn1-c1ccccc1CNC(=O)c1ccc(S(=O)(=O)N2CCCC2)cc1. The smallest absolute Gasteiger partial charge is 0.251 e. The zero-order valence-electron chi connectivity index (χ0n) is 16.8. The normalized spacial score (nSPS) is 14.7. The largest absolute Gasteiger partial charge is 0.348 e. The molecule has 2 heterocycles. The van der Waals surface area contributed by atoms with Crippen LogP contribution in [0.1, 0.15) is 34.6 Å². The Kier molecular flexibility index (Phi) is 5.69. The average Bonchev–Trinajstić information content (AvgIpc) is 3.45. The molecule has 0 aliphatic carbocycles. The van der Waals surface area contributed by atoms with Gasteiger partial charge in [-0.15, -0.1) is 0 Å². The van der Waals surface area contributed by atoms with Crippen molar-refractivity contribution in [3.8, 4) is 5.69 Å². The van der Waals surface area contributed by atoms with Crippen molar-refractivity contribution in [2.75, 3.05) is 13.1 Å². The quantitative estimate of drug-likeness (QED) is 0.659. The highest BCUT2D eigenvalue weighted by Crippen LogP contribution is 2.21. The van der Waals surface area contributed by atoms with Gasteiger partial charge in [-0.3, -0.25) is 4.79 Å². The van der Waals surface area contributed by atoms with E-state index < -0.39 is 10.0 Å². The summed E-state index contributed by atoms with van der Waals surface area (Å²) in [6.07, 6.45) is 5.40. The Morgan fingerprint density at radius 3 is 2.43 bits per heavy atom.